The molecule has 5 nitrogen and oxygen atoms in total. The third-order valence-corrected chi connectivity index (χ3v) is 3.13. The lowest BCUT2D eigenvalue weighted by atomic mass is 10.3. The van der Waals surface area contributed by atoms with Crippen molar-refractivity contribution < 1.29 is 4.79 Å². The summed E-state index contributed by atoms with van der Waals surface area (Å²) in [6, 6.07) is 5.46. The van der Waals surface area contributed by atoms with E-state index < -0.39 is 0 Å². The van der Waals surface area contributed by atoms with E-state index >= 15 is 0 Å². The number of nitrogens with zero attached hydrogens (tertiary/aromatic N) is 3. The molecule has 0 unspecified atom stereocenters. The predicted molar refractivity (Wildman–Crippen MR) is 77.5 cm³/mol. The van der Waals surface area contributed by atoms with Crippen LogP contribution in [-0.2, 0) is 13.5 Å². The summed E-state index contributed by atoms with van der Waals surface area (Å²) in [6.45, 7) is 2.00. The van der Waals surface area contributed by atoms with Crippen LogP contribution in [0.15, 0.2) is 24.4 Å². The molecule has 94 valence electrons. The standard InChI is InChI=1S/C12H13IN4O/c1-3-9-6-10(17(2)16-9)12(18)15-11-5-4-8(13)7-14-11/h4-7H,3H2,1-2H3,(H,14,15,18). The number of halogens is 1. The zero-order valence-corrected chi connectivity index (χ0v) is 12.3. The van der Waals surface area contributed by atoms with Crippen molar-refractivity contribution in [1.29, 1.82) is 0 Å². The van der Waals surface area contributed by atoms with Gasteiger partial charge in [-0.3, -0.25) is 9.48 Å². The van der Waals surface area contributed by atoms with Gasteiger partial charge in [0, 0.05) is 16.8 Å². The van der Waals surface area contributed by atoms with E-state index in [-0.39, 0.29) is 5.91 Å². The molecule has 0 fully saturated rings. The highest BCUT2D eigenvalue weighted by molar-refractivity contribution is 14.1. The van der Waals surface area contributed by atoms with E-state index in [0.29, 0.717) is 11.5 Å². The van der Waals surface area contributed by atoms with Gasteiger partial charge in [0.15, 0.2) is 0 Å². The molecule has 1 N–H and O–H groups in total. The number of aromatic nitrogens is 3. The number of rotatable bonds is 3. The number of amides is 1. The average Bonchev–Trinajstić information content (AvgIpc) is 2.73. The van der Waals surface area contributed by atoms with Gasteiger partial charge in [-0.2, -0.15) is 5.10 Å². The van der Waals surface area contributed by atoms with E-state index in [0.717, 1.165) is 15.7 Å². The maximum atomic E-state index is 12.0. The van der Waals surface area contributed by atoms with E-state index in [2.05, 4.69) is 38.0 Å². The van der Waals surface area contributed by atoms with Gasteiger partial charge >= 0.3 is 0 Å². The fraction of sp³-hybridized carbons (Fsp3) is 0.250. The molecule has 0 aromatic carbocycles. The molecule has 0 atom stereocenters. The quantitative estimate of drug-likeness (QED) is 0.859. The van der Waals surface area contributed by atoms with Gasteiger partial charge in [0.25, 0.3) is 5.91 Å². The molecule has 1 amide bonds. The zero-order chi connectivity index (χ0) is 13.1. The largest absolute Gasteiger partial charge is 0.305 e. The smallest absolute Gasteiger partial charge is 0.275 e. The zero-order valence-electron chi connectivity index (χ0n) is 10.1. The summed E-state index contributed by atoms with van der Waals surface area (Å²) in [7, 11) is 1.76. The third-order valence-electron chi connectivity index (χ3n) is 2.49. The Morgan fingerprint density at radius 2 is 2.28 bits per heavy atom. The fourth-order valence-electron chi connectivity index (χ4n) is 1.54. The van der Waals surface area contributed by atoms with Gasteiger partial charge in [-0.15, -0.1) is 0 Å². The number of carbonyl (C=O) groups is 1. The molecule has 18 heavy (non-hydrogen) atoms. The molecule has 0 aliphatic carbocycles. The number of anilines is 1. The van der Waals surface area contributed by atoms with Crippen molar-refractivity contribution in [3.63, 3.8) is 0 Å². The lowest BCUT2D eigenvalue weighted by Gasteiger charge is -2.04. The van der Waals surface area contributed by atoms with Crippen LogP contribution >= 0.6 is 22.6 Å². The Labute approximate surface area is 119 Å². The minimum atomic E-state index is -0.196. The highest BCUT2D eigenvalue weighted by atomic mass is 127. The summed E-state index contributed by atoms with van der Waals surface area (Å²) in [5, 5.41) is 6.99. The van der Waals surface area contributed by atoms with Crippen LogP contribution in [0.4, 0.5) is 5.82 Å². The van der Waals surface area contributed by atoms with Gasteiger partial charge < -0.3 is 5.32 Å². The Morgan fingerprint density at radius 1 is 1.50 bits per heavy atom. The molecule has 0 radical (unpaired) electrons. The molecule has 0 saturated carbocycles. The van der Waals surface area contributed by atoms with Gasteiger partial charge in [-0.05, 0) is 47.2 Å². The van der Waals surface area contributed by atoms with E-state index in [4.69, 9.17) is 0 Å². The van der Waals surface area contributed by atoms with Crippen molar-refractivity contribution in [1.82, 2.24) is 14.8 Å². The Morgan fingerprint density at radius 3 is 2.83 bits per heavy atom. The molecule has 6 heteroatoms. The van der Waals surface area contributed by atoms with Crippen molar-refractivity contribution in [2.45, 2.75) is 13.3 Å². The first-order valence-corrected chi connectivity index (χ1v) is 6.64. The minimum absolute atomic E-state index is 0.196. The SMILES string of the molecule is CCc1cc(C(=O)Nc2ccc(I)cn2)n(C)n1. The Balaban J connectivity index is 2.16. The molecule has 2 aromatic rings. The van der Waals surface area contributed by atoms with Crippen LogP contribution in [0.25, 0.3) is 0 Å². The highest BCUT2D eigenvalue weighted by Gasteiger charge is 2.13. The first-order valence-electron chi connectivity index (χ1n) is 5.56. The molecular weight excluding hydrogens is 343 g/mol. The van der Waals surface area contributed by atoms with Crippen LogP contribution in [0.2, 0.25) is 0 Å². The summed E-state index contributed by atoms with van der Waals surface area (Å²) in [4.78, 5) is 16.2. The lowest BCUT2D eigenvalue weighted by molar-refractivity contribution is 0.101. The summed E-state index contributed by atoms with van der Waals surface area (Å²) in [5.41, 5.74) is 1.44. The highest BCUT2D eigenvalue weighted by Crippen LogP contribution is 2.10. The minimum Gasteiger partial charge on any atom is -0.305 e. The van der Waals surface area contributed by atoms with Crippen molar-refractivity contribution in [2.75, 3.05) is 5.32 Å². The van der Waals surface area contributed by atoms with Crippen LogP contribution in [0.5, 0.6) is 0 Å². The van der Waals surface area contributed by atoms with Gasteiger partial charge in [0.05, 0.1) is 5.69 Å². The maximum absolute atomic E-state index is 12.0. The maximum Gasteiger partial charge on any atom is 0.275 e. The van der Waals surface area contributed by atoms with Crippen molar-refractivity contribution in [3.8, 4) is 0 Å². The van der Waals surface area contributed by atoms with Crippen molar-refractivity contribution in [2.24, 2.45) is 7.05 Å². The third kappa shape index (κ3) is 2.87. The van der Waals surface area contributed by atoms with Crippen LogP contribution in [0.3, 0.4) is 0 Å². The van der Waals surface area contributed by atoms with Crippen LogP contribution in [-0.4, -0.2) is 20.7 Å². The monoisotopic (exact) mass is 356 g/mol. The van der Waals surface area contributed by atoms with E-state index in [1.54, 1.807) is 30.1 Å². The second-order valence-corrected chi connectivity index (χ2v) is 5.06. The average molecular weight is 356 g/mol. The normalized spacial score (nSPS) is 10.4. The topological polar surface area (TPSA) is 59.8 Å². The van der Waals surface area contributed by atoms with Crippen LogP contribution < -0.4 is 5.32 Å². The van der Waals surface area contributed by atoms with Crippen LogP contribution in [0, 0.1) is 3.57 Å². The van der Waals surface area contributed by atoms with Crippen LogP contribution in [0.1, 0.15) is 23.1 Å². The van der Waals surface area contributed by atoms with Gasteiger partial charge in [-0.1, -0.05) is 6.92 Å². The van der Waals surface area contributed by atoms with Gasteiger partial charge in [-0.25, -0.2) is 4.98 Å². The fourth-order valence-corrected chi connectivity index (χ4v) is 1.86. The summed E-state index contributed by atoms with van der Waals surface area (Å²) in [5.74, 6) is 0.345. The summed E-state index contributed by atoms with van der Waals surface area (Å²) < 4.78 is 2.61. The predicted octanol–water partition coefficient (Wildman–Crippen LogP) is 2.23. The number of carbonyl (C=O) groups excluding carboxylic acids is 1. The number of pyridine rings is 1. The van der Waals surface area contributed by atoms with E-state index in [1.807, 2.05) is 13.0 Å². The molecule has 0 spiro atoms. The molecule has 0 aliphatic rings. The second-order valence-electron chi connectivity index (χ2n) is 3.81. The van der Waals surface area contributed by atoms with Gasteiger partial charge in [0.2, 0.25) is 0 Å². The summed E-state index contributed by atoms with van der Waals surface area (Å²) >= 11 is 2.17. The Kier molecular flexibility index (Phi) is 3.95. The second kappa shape index (κ2) is 5.47. The van der Waals surface area contributed by atoms with E-state index in [9.17, 15) is 4.79 Å². The molecule has 0 saturated heterocycles. The molecule has 2 heterocycles. The van der Waals surface area contributed by atoms with E-state index in [1.165, 1.54) is 0 Å². The lowest BCUT2D eigenvalue weighted by Crippen LogP contribution is -2.16. The molecule has 2 rings (SSSR count). The number of hydrogen-bond acceptors (Lipinski definition) is 3. The molecule has 0 bridgehead atoms. The first kappa shape index (κ1) is 13.0. The number of hydrogen-bond donors (Lipinski definition) is 1. The Hall–Kier alpha value is -1.44. The molecular formula is C12H13IN4O. The molecule has 0 aliphatic heterocycles. The molecule has 2 aromatic heterocycles. The summed E-state index contributed by atoms with van der Waals surface area (Å²) in [6.07, 6.45) is 2.51. The number of aryl methyl sites for hydroxylation is 2. The number of nitrogens with one attached hydrogen (secondary N) is 1. The Bertz CT molecular complexity index is 562. The van der Waals surface area contributed by atoms with Crippen molar-refractivity contribution in [3.05, 3.63) is 39.4 Å². The first-order chi connectivity index (χ1) is 8.60. The van der Waals surface area contributed by atoms with Gasteiger partial charge in [0.1, 0.15) is 11.5 Å². The van der Waals surface area contributed by atoms with Crippen molar-refractivity contribution >= 4 is 34.3 Å².